The van der Waals surface area contributed by atoms with E-state index in [1.165, 1.54) is 4.88 Å². The van der Waals surface area contributed by atoms with Crippen molar-refractivity contribution in [2.24, 2.45) is 10.7 Å². The lowest BCUT2D eigenvalue weighted by Crippen LogP contribution is -2.45. The number of hydrogen-bond acceptors (Lipinski definition) is 3. The first kappa shape index (κ1) is 13.0. The Labute approximate surface area is 101 Å². The molecule has 1 aromatic rings. The summed E-state index contributed by atoms with van der Waals surface area (Å²) in [6, 6.07) is 0. The number of nitrogens with zero attached hydrogens (tertiary/aromatic N) is 2. The fraction of sp³-hybridized carbons (Fsp3) is 0.636. The van der Waals surface area contributed by atoms with Gasteiger partial charge in [-0.25, -0.2) is 4.98 Å². The lowest BCUT2D eigenvalue weighted by molar-refractivity contribution is 0.508. The van der Waals surface area contributed by atoms with Crippen LogP contribution >= 0.6 is 11.3 Å². The number of aliphatic imine (C=N–C) groups is 1. The van der Waals surface area contributed by atoms with Crippen LogP contribution in [0.2, 0.25) is 0 Å². The molecule has 90 valence electrons. The normalized spacial score (nSPS) is 12.9. The number of hydrogen-bond donors (Lipinski definition) is 2. The molecule has 0 aliphatic rings. The minimum Gasteiger partial charge on any atom is -0.370 e. The number of nitrogens with two attached hydrogens (primary N) is 1. The minimum absolute atomic E-state index is 0.0364. The van der Waals surface area contributed by atoms with E-state index in [4.69, 9.17) is 5.73 Å². The lowest BCUT2D eigenvalue weighted by atomic mass is 10.1. The van der Waals surface area contributed by atoms with Gasteiger partial charge in [0.15, 0.2) is 5.96 Å². The molecule has 0 amide bonds. The van der Waals surface area contributed by atoms with Gasteiger partial charge in [-0.2, -0.15) is 0 Å². The third-order valence-electron chi connectivity index (χ3n) is 1.78. The molecule has 4 nitrogen and oxygen atoms in total. The van der Waals surface area contributed by atoms with E-state index in [1.54, 1.807) is 11.3 Å². The van der Waals surface area contributed by atoms with Gasteiger partial charge in [-0.05, 0) is 27.7 Å². The third-order valence-corrected chi connectivity index (χ3v) is 2.75. The summed E-state index contributed by atoms with van der Waals surface area (Å²) in [5.41, 5.74) is 5.71. The number of rotatable bonds is 3. The fourth-order valence-electron chi connectivity index (χ4n) is 1.21. The molecule has 0 saturated heterocycles. The van der Waals surface area contributed by atoms with E-state index >= 15 is 0 Å². The van der Waals surface area contributed by atoms with Gasteiger partial charge in [0.05, 0.1) is 5.01 Å². The second-order valence-electron chi connectivity index (χ2n) is 4.76. The predicted octanol–water partition coefficient (Wildman–Crippen LogP) is 1.70. The Hall–Kier alpha value is -1.10. The van der Waals surface area contributed by atoms with E-state index in [0.717, 1.165) is 11.4 Å². The molecule has 0 aromatic carbocycles. The van der Waals surface area contributed by atoms with Gasteiger partial charge in [0, 0.05) is 29.6 Å². The van der Waals surface area contributed by atoms with Crippen molar-refractivity contribution in [3.05, 3.63) is 16.1 Å². The Balaban J connectivity index is 2.36. The monoisotopic (exact) mass is 240 g/mol. The van der Waals surface area contributed by atoms with Gasteiger partial charge in [-0.15, -0.1) is 11.3 Å². The molecule has 1 heterocycles. The molecule has 0 spiro atoms. The molecular formula is C11H20N4S. The highest BCUT2D eigenvalue weighted by Crippen LogP contribution is 2.11. The van der Waals surface area contributed by atoms with Crippen molar-refractivity contribution in [1.29, 1.82) is 0 Å². The van der Waals surface area contributed by atoms with Gasteiger partial charge < -0.3 is 11.1 Å². The summed E-state index contributed by atoms with van der Waals surface area (Å²) in [4.78, 5) is 9.78. The third kappa shape index (κ3) is 5.11. The quantitative estimate of drug-likeness (QED) is 0.624. The van der Waals surface area contributed by atoms with Crippen LogP contribution in [-0.4, -0.2) is 23.0 Å². The number of aryl methyl sites for hydroxylation is 1. The van der Waals surface area contributed by atoms with Gasteiger partial charge in [-0.3, -0.25) is 4.99 Å². The van der Waals surface area contributed by atoms with Crippen molar-refractivity contribution in [3.8, 4) is 0 Å². The Morgan fingerprint density at radius 3 is 2.75 bits per heavy atom. The van der Waals surface area contributed by atoms with Crippen LogP contribution in [-0.2, 0) is 6.42 Å². The van der Waals surface area contributed by atoms with Crippen molar-refractivity contribution >= 4 is 17.3 Å². The average Bonchev–Trinajstić information content (AvgIpc) is 2.48. The molecule has 1 aromatic heterocycles. The summed E-state index contributed by atoms with van der Waals surface area (Å²) >= 11 is 1.71. The number of aromatic nitrogens is 1. The first-order valence-corrected chi connectivity index (χ1v) is 6.18. The maximum atomic E-state index is 5.75. The molecule has 3 N–H and O–H groups in total. The van der Waals surface area contributed by atoms with Crippen LogP contribution in [0.3, 0.4) is 0 Å². The summed E-state index contributed by atoms with van der Waals surface area (Å²) in [5.74, 6) is 0.501. The lowest BCUT2D eigenvalue weighted by Gasteiger charge is -2.20. The summed E-state index contributed by atoms with van der Waals surface area (Å²) in [6.45, 7) is 8.90. The van der Waals surface area contributed by atoms with Crippen molar-refractivity contribution in [1.82, 2.24) is 10.3 Å². The number of thiazole rings is 1. The number of nitrogens with one attached hydrogen (secondary N) is 1. The van der Waals surface area contributed by atoms with Crippen molar-refractivity contribution in [2.75, 3.05) is 6.54 Å². The highest BCUT2D eigenvalue weighted by atomic mass is 32.1. The van der Waals surface area contributed by atoms with Crippen LogP contribution in [0.25, 0.3) is 0 Å². The molecule has 0 fully saturated rings. The molecule has 16 heavy (non-hydrogen) atoms. The Kier molecular flexibility index (Phi) is 4.29. The molecule has 0 saturated carbocycles. The average molecular weight is 240 g/mol. The SMILES string of the molecule is Cc1cnc(CCN=C(N)NC(C)(C)C)s1. The van der Waals surface area contributed by atoms with Crippen LogP contribution in [0, 0.1) is 6.92 Å². The zero-order valence-electron chi connectivity index (χ0n) is 10.4. The molecule has 1 rings (SSSR count). The molecule has 0 aliphatic carbocycles. The van der Waals surface area contributed by atoms with E-state index in [9.17, 15) is 0 Å². The van der Waals surface area contributed by atoms with E-state index in [1.807, 2.05) is 6.20 Å². The van der Waals surface area contributed by atoms with Crippen LogP contribution in [0.4, 0.5) is 0 Å². The summed E-state index contributed by atoms with van der Waals surface area (Å²) in [7, 11) is 0. The highest BCUT2D eigenvalue weighted by Gasteiger charge is 2.09. The second-order valence-corrected chi connectivity index (χ2v) is 6.08. The topological polar surface area (TPSA) is 63.3 Å². The number of guanidine groups is 1. The minimum atomic E-state index is -0.0364. The van der Waals surface area contributed by atoms with Crippen molar-refractivity contribution < 1.29 is 0 Å². The Morgan fingerprint density at radius 2 is 2.25 bits per heavy atom. The summed E-state index contributed by atoms with van der Waals surface area (Å²) < 4.78 is 0. The molecule has 0 radical (unpaired) electrons. The molecular weight excluding hydrogens is 220 g/mol. The highest BCUT2D eigenvalue weighted by molar-refractivity contribution is 7.11. The molecule has 0 bridgehead atoms. The standard InChI is InChI=1S/C11H20N4S/c1-8-7-14-9(16-8)5-6-13-10(12)15-11(2,3)4/h7H,5-6H2,1-4H3,(H3,12,13,15). The van der Waals surface area contributed by atoms with E-state index in [2.05, 4.69) is 43.0 Å². The molecule has 5 heteroatoms. The Morgan fingerprint density at radius 1 is 1.56 bits per heavy atom. The van der Waals surface area contributed by atoms with Crippen LogP contribution < -0.4 is 11.1 Å². The van der Waals surface area contributed by atoms with Crippen molar-refractivity contribution in [3.63, 3.8) is 0 Å². The smallest absolute Gasteiger partial charge is 0.188 e. The van der Waals surface area contributed by atoms with Gasteiger partial charge in [0.25, 0.3) is 0 Å². The summed E-state index contributed by atoms with van der Waals surface area (Å²) in [5, 5.41) is 4.24. The van der Waals surface area contributed by atoms with Gasteiger partial charge in [-0.1, -0.05) is 0 Å². The van der Waals surface area contributed by atoms with Gasteiger partial charge >= 0.3 is 0 Å². The van der Waals surface area contributed by atoms with E-state index in [0.29, 0.717) is 12.5 Å². The van der Waals surface area contributed by atoms with Gasteiger partial charge in [0.2, 0.25) is 0 Å². The maximum Gasteiger partial charge on any atom is 0.188 e. The summed E-state index contributed by atoms with van der Waals surface area (Å²) in [6.07, 6.45) is 2.74. The molecule has 0 atom stereocenters. The fourth-order valence-corrected chi connectivity index (χ4v) is 1.99. The maximum absolute atomic E-state index is 5.75. The van der Waals surface area contributed by atoms with Gasteiger partial charge in [0.1, 0.15) is 0 Å². The van der Waals surface area contributed by atoms with E-state index < -0.39 is 0 Å². The first-order valence-electron chi connectivity index (χ1n) is 5.36. The zero-order chi connectivity index (χ0) is 12.2. The first-order chi connectivity index (χ1) is 7.37. The van der Waals surface area contributed by atoms with E-state index in [-0.39, 0.29) is 5.54 Å². The van der Waals surface area contributed by atoms with Crippen LogP contribution in [0.15, 0.2) is 11.2 Å². The predicted molar refractivity (Wildman–Crippen MR) is 69.9 cm³/mol. The zero-order valence-corrected chi connectivity index (χ0v) is 11.2. The molecule has 0 unspecified atom stereocenters. The van der Waals surface area contributed by atoms with Crippen molar-refractivity contribution in [2.45, 2.75) is 39.7 Å². The van der Waals surface area contributed by atoms with Crippen LogP contribution in [0.1, 0.15) is 30.7 Å². The largest absolute Gasteiger partial charge is 0.370 e. The molecule has 0 aliphatic heterocycles. The van der Waals surface area contributed by atoms with Crippen LogP contribution in [0.5, 0.6) is 0 Å². The Bertz CT molecular complexity index is 362. The second kappa shape index (κ2) is 5.30.